The summed E-state index contributed by atoms with van der Waals surface area (Å²) < 4.78 is 0. The second kappa shape index (κ2) is 6.43. The van der Waals surface area contributed by atoms with Crippen LogP contribution >= 0.6 is 0 Å². The zero-order valence-corrected chi connectivity index (χ0v) is 15.3. The van der Waals surface area contributed by atoms with Crippen LogP contribution < -0.4 is 5.73 Å². The number of hydrogen-bond donors (Lipinski definition) is 1. The van der Waals surface area contributed by atoms with E-state index < -0.39 is 5.54 Å². The predicted octanol–water partition coefficient (Wildman–Crippen LogP) is 0.301. The van der Waals surface area contributed by atoms with Gasteiger partial charge in [0.2, 0.25) is 5.91 Å². The van der Waals surface area contributed by atoms with Crippen molar-refractivity contribution in [3.8, 4) is 0 Å². The average Bonchev–Trinajstić information content (AvgIpc) is 3.16. The molecule has 4 rings (SSSR count). The Balaban J connectivity index is 1.37. The van der Waals surface area contributed by atoms with Crippen molar-refractivity contribution in [1.82, 2.24) is 19.6 Å². The summed E-state index contributed by atoms with van der Waals surface area (Å²) in [5, 5.41) is 0. The third-order valence-electron chi connectivity index (χ3n) is 7.00. The fourth-order valence-electron chi connectivity index (χ4n) is 5.37. The maximum atomic E-state index is 12.8. The molecule has 0 radical (unpaired) electrons. The van der Waals surface area contributed by atoms with Crippen LogP contribution in [0.3, 0.4) is 0 Å². The number of fused-ring (bicyclic) bond motifs is 1. The van der Waals surface area contributed by atoms with Crippen LogP contribution in [0.1, 0.15) is 38.5 Å². The van der Waals surface area contributed by atoms with Gasteiger partial charge in [0.15, 0.2) is 0 Å². The predicted molar refractivity (Wildman–Crippen MR) is 95.1 cm³/mol. The molecule has 4 aliphatic heterocycles. The van der Waals surface area contributed by atoms with Crippen LogP contribution in [0.25, 0.3) is 0 Å². The lowest BCUT2D eigenvalue weighted by atomic mass is 9.94. The molecule has 3 amide bonds. The molecule has 0 saturated carbocycles. The van der Waals surface area contributed by atoms with E-state index in [1.165, 1.54) is 25.9 Å². The number of nitrogens with two attached hydrogens (primary N) is 1. The van der Waals surface area contributed by atoms with E-state index >= 15 is 0 Å². The number of nitrogens with zero attached hydrogens (tertiary/aromatic N) is 4. The number of hydrogen-bond acceptors (Lipinski definition) is 4. The van der Waals surface area contributed by atoms with Gasteiger partial charge in [-0.15, -0.1) is 0 Å². The lowest BCUT2D eigenvalue weighted by molar-refractivity contribution is -0.126. The summed E-state index contributed by atoms with van der Waals surface area (Å²) in [6.07, 6.45) is 6.14. The summed E-state index contributed by atoms with van der Waals surface area (Å²) in [6, 6.07) is 0.998. The van der Waals surface area contributed by atoms with Crippen molar-refractivity contribution in [3.05, 3.63) is 0 Å². The first-order valence-corrected chi connectivity index (χ1v) is 9.82. The Morgan fingerprint density at radius 1 is 1.04 bits per heavy atom. The maximum Gasteiger partial charge on any atom is 0.321 e. The van der Waals surface area contributed by atoms with Gasteiger partial charge in [-0.3, -0.25) is 4.79 Å². The number of piperidine rings is 2. The van der Waals surface area contributed by atoms with E-state index in [0.717, 1.165) is 38.8 Å². The van der Waals surface area contributed by atoms with E-state index in [0.29, 0.717) is 19.1 Å². The van der Waals surface area contributed by atoms with Crippen molar-refractivity contribution < 1.29 is 9.59 Å². The number of primary amides is 1. The van der Waals surface area contributed by atoms with Crippen LogP contribution in [0, 0.1) is 0 Å². The van der Waals surface area contributed by atoms with Crippen LogP contribution in [-0.2, 0) is 4.79 Å². The van der Waals surface area contributed by atoms with Crippen LogP contribution in [-0.4, -0.2) is 95.5 Å². The molecule has 25 heavy (non-hydrogen) atoms. The number of urea groups is 1. The van der Waals surface area contributed by atoms with E-state index in [4.69, 9.17) is 5.73 Å². The molecule has 0 aliphatic carbocycles. The van der Waals surface area contributed by atoms with E-state index in [1.54, 1.807) is 4.90 Å². The van der Waals surface area contributed by atoms with Gasteiger partial charge in [0.25, 0.3) is 0 Å². The van der Waals surface area contributed by atoms with Crippen molar-refractivity contribution in [2.45, 2.75) is 56.1 Å². The largest absolute Gasteiger partial charge is 0.368 e. The smallest absolute Gasteiger partial charge is 0.321 e. The van der Waals surface area contributed by atoms with Crippen molar-refractivity contribution in [2.75, 3.05) is 46.3 Å². The highest BCUT2D eigenvalue weighted by Crippen LogP contribution is 2.38. The maximum absolute atomic E-state index is 12.8. The molecule has 7 nitrogen and oxygen atoms in total. The normalized spacial score (nSPS) is 33.2. The summed E-state index contributed by atoms with van der Waals surface area (Å²) >= 11 is 0. The summed E-state index contributed by atoms with van der Waals surface area (Å²) in [7, 11) is 2.20. The Labute approximate surface area is 150 Å². The summed E-state index contributed by atoms with van der Waals surface area (Å²) in [5.74, 6) is -0.329. The van der Waals surface area contributed by atoms with E-state index in [2.05, 4.69) is 16.8 Å². The first-order valence-electron chi connectivity index (χ1n) is 9.82. The molecule has 4 heterocycles. The minimum absolute atomic E-state index is 0.0361. The molecule has 4 aliphatic rings. The van der Waals surface area contributed by atoms with Crippen LogP contribution in [0.4, 0.5) is 4.79 Å². The molecule has 0 bridgehead atoms. The molecule has 0 spiro atoms. The molecular weight excluding hydrogens is 318 g/mol. The van der Waals surface area contributed by atoms with Gasteiger partial charge in [-0.05, 0) is 58.7 Å². The molecule has 2 N–H and O–H groups in total. The van der Waals surface area contributed by atoms with Crippen molar-refractivity contribution in [1.29, 1.82) is 0 Å². The topological polar surface area (TPSA) is 73.1 Å². The zero-order valence-electron chi connectivity index (χ0n) is 15.3. The molecule has 140 valence electrons. The van der Waals surface area contributed by atoms with Crippen LogP contribution in [0.15, 0.2) is 0 Å². The average molecular weight is 349 g/mol. The van der Waals surface area contributed by atoms with Gasteiger partial charge in [-0.2, -0.15) is 0 Å². The minimum Gasteiger partial charge on any atom is -0.368 e. The van der Waals surface area contributed by atoms with Crippen molar-refractivity contribution in [2.24, 2.45) is 5.73 Å². The van der Waals surface area contributed by atoms with Gasteiger partial charge in [0.05, 0.1) is 6.54 Å². The summed E-state index contributed by atoms with van der Waals surface area (Å²) in [4.78, 5) is 33.6. The summed E-state index contributed by atoms with van der Waals surface area (Å²) in [5.41, 5.74) is 4.95. The molecule has 7 heteroatoms. The monoisotopic (exact) mass is 349 g/mol. The molecule has 4 fully saturated rings. The van der Waals surface area contributed by atoms with Crippen molar-refractivity contribution in [3.63, 3.8) is 0 Å². The zero-order chi connectivity index (χ0) is 17.6. The van der Waals surface area contributed by atoms with Crippen molar-refractivity contribution >= 4 is 11.9 Å². The number of likely N-dealkylation sites (tertiary alicyclic amines) is 2. The van der Waals surface area contributed by atoms with Gasteiger partial charge < -0.3 is 25.3 Å². The molecular formula is C18H31N5O2. The third kappa shape index (κ3) is 2.81. The molecule has 4 saturated heterocycles. The van der Waals surface area contributed by atoms with Gasteiger partial charge >= 0.3 is 6.03 Å². The van der Waals surface area contributed by atoms with Gasteiger partial charge in [0.1, 0.15) is 5.54 Å². The minimum atomic E-state index is -0.734. The highest BCUT2D eigenvalue weighted by Gasteiger charge is 2.57. The number of rotatable bonds is 3. The molecule has 0 aromatic carbocycles. The quantitative estimate of drug-likeness (QED) is 0.795. The second-order valence-corrected chi connectivity index (χ2v) is 8.36. The summed E-state index contributed by atoms with van der Waals surface area (Å²) in [6.45, 7) is 5.67. The number of amides is 3. The Kier molecular flexibility index (Phi) is 4.40. The van der Waals surface area contributed by atoms with Gasteiger partial charge in [0, 0.05) is 31.7 Å². The first-order chi connectivity index (χ1) is 12.0. The Hall–Kier alpha value is -1.34. The van der Waals surface area contributed by atoms with E-state index in [9.17, 15) is 9.59 Å². The Morgan fingerprint density at radius 2 is 1.68 bits per heavy atom. The van der Waals surface area contributed by atoms with Gasteiger partial charge in [-0.1, -0.05) is 0 Å². The fraction of sp³-hybridized carbons (Fsp3) is 0.889. The van der Waals surface area contributed by atoms with Crippen LogP contribution in [0.2, 0.25) is 0 Å². The molecule has 0 unspecified atom stereocenters. The first kappa shape index (κ1) is 17.1. The molecule has 0 aromatic heterocycles. The standard InChI is InChI=1S/C18H31N5O2/c1-20-9-3-14(4-10-20)21-11-5-15(6-12-21)22-13-18(16(19)24)7-2-8-23(18)17(22)25/h14-15H,2-13H2,1H3,(H2,19,24)/t18-/m1/s1. The van der Waals surface area contributed by atoms with E-state index in [1.807, 2.05) is 4.90 Å². The molecule has 1 atom stereocenters. The third-order valence-corrected chi connectivity index (χ3v) is 7.00. The number of carbonyl (C=O) groups is 2. The molecule has 0 aromatic rings. The Morgan fingerprint density at radius 3 is 2.28 bits per heavy atom. The van der Waals surface area contributed by atoms with Gasteiger partial charge in [-0.25, -0.2) is 4.79 Å². The second-order valence-electron chi connectivity index (χ2n) is 8.36. The SMILES string of the molecule is CN1CCC(N2CCC(N3C[C@@]4(C(N)=O)CCCN4C3=O)CC2)CC1. The highest BCUT2D eigenvalue weighted by molar-refractivity contribution is 5.94. The highest BCUT2D eigenvalue weighted by atomic mass is 16.2. The number of carbonyl (C=O) groups excluding carboxylic acids is 2. The lowest BCUT2D eigenvalue weighted by Gasteiger charge is -2.42. The van der Waals surface area contributed by atoms with E-state index in [-0.39, 0.29) is 18.0 Å². The Bertz CT molecular complexity index is 540. The fourth-order valence-corrected chi connectivity index (χ4v) is 5.37. The van der Waals surface area contributed by atoms with Crippen LogP contribution in [0.5, 0.6) is 0 Å². The lowest BCUT2D eigenvalue weighted by Crippen LogP contribution is -2.53.